The molecule has 6 nitrogen and oxygen atoms in total. The molecule has 0 atom stereocenters. The first-order valence-corrected chi connectivity index (χ1v) is 11.4. The second kappa shape index (κ2) is 10.6. The minimum Gasteiger partial charge on any atom is -0.494 e. The number of alkyl halides is 3. The number of benzene rings is 2. The van der Waals surface area contributed by atoms with E-state index in [1.165, 1.54) is 12.8 Å². The first-order valence-electron chi connectivity index (χ1n) is 11.4. The Morgan fingerprint density at radius 1 is 0.971 bits per heavy atom. The molecule has 0 spiro atoms. The van der Waals surface area contributed by atoms with Crippen molar-refractivity contribution in [2.24, 2.45) is 0 Å². The van der Waals surface area contributed by atoms with E-state index in [1.807, 2.05) is 19.1 Å². The van der Waals surface area contributed by atoms with Crippen LogP contribution in [-0.4, -0.2) is 22.7 Å². The van der Waals surface area contributed by atoms with E-state index >= 15 is 0 Å². The molecule has 2 N–H and O–H groups in total. The van der Waals surface area contributed by atoms with Crippen LogP contribution in [0.25, 0.3) is 0 Å². The Hall–Kier alpha value is -3.49. The van der Waals surface area contributed by atoms with Crippen LogP contribution in [0.3, 0.4) is 0 Å². The van der Waals surface area contributed by atoms with Crippen LogP contribution in [0.15, 0.2) is 54.7 Å². The summed E-state index contributed by atoms with van der Waals surface area (Å²) in [5.41, 5.74) is 0.106. The summed E-state index contributed by atoms with van der Waals surface area (Å²) in [5.74, 6) is 1.02. The van der Waals surface area contributed by atoms with E-state index in [4.69, 9.17) is 9.47 Å². The molecule has 0 bridgehead atoms. The molecule has 9 heteroatoms. The number of hydrogen-bond acceptors (Lipinski definition) is 6. The normalized spacial score (nSPS) is 14.1. The summed E-state index contributed by atoms with van der Waals surface area (Å²) < 4.78 is 52.3. The monoisotopic (exact) mass is 472 g/mol. The van der Waals surface area contributed by atoms with Gasteiger partial charge in [-0.15, -0.1) is 0 Å². The van der Waals surface area contributed by atoms with Crippen molar-refractivity contribution in [1.82, 2.24) is 9.97 Å². The van der Waals surface area contributed by atoms with E-state index in [9.17, 15) is 13.2 Å². The van der Waals surface area contributed by atoms with Crippen molar-refractivity contribution in [1.29, 1.82) is 0 Å². The smallest absolute Gasteiger partial charge is 0.421 e. The Morgan fingerprint density at radius 3 is 2.44 bits per heavy atom. The summed E-state index contributed by atoms with van der Waals surface area (Å²) in [6.45, 7) is 2.49. The van der Waals surface area contributed by atoms with Gasteiger partial charge in [-0.3, -0.25) is 0 Å². The predicted octanol–water partition coefficient (Wildman–Crippen LogP) is 7.09. The van der Waals surface area contributed by atoms with Crippen molar-refractivity contribution in [3.05, 3.63) is 60.3 Å². The number of rotatable bonds is 9. The quantitative estimate of drug-likeness (QED) is 0.346. The minimum absolute atomic E-state index is 0.0401. The van der Waals surface area contributed by atoms with Crippen LogP contribution in [0.1, 0.15) is 44.6 Å². The van der Waals surface area contributed by atoms with Crippen molar-refractivity contribution in [3.63, 3.8) is 0 Å². The van der Waals surface area contributed by atoms with Gasteiger partial charge in [0, 0.05) is 23.6 Å². The third kappa shape index (κ3) is 6.30. The summed E-state index contributed by atoms with van der Waals surface area (Å²) in [4.78, 5) is 7.97. The molecule has 1 aliphatic rings. The number of nitrogens with zero attached hydrogens (tertiary/aromatic N) is 2. The number of ether oxygens (including phenoxy) is 2. The molecule has 0 radical (unpaired) electrons. The highest BCUT2D eigenvalue weighted by Crippen LogP contribution is 2.36. The summed E-state index contributed by atoms with van der Waals surface area (Å²) >= 11 is 0. The lowest BCUT2D eigenvalue weighted by Gasteiger charge is -2.16. The van der Waals surface area contributed by atoms with Gasteiger partial charge in [-0.2, -0.15) is 18.2 Å². The fraction of sp³-hybridized carbons (Fsp3) is 0.360. The number of hydrogen-bond donors (Lipinski definition) is 2. The van der Waals surface area contributed by atoms with Gasteiger partial charge in [0.1, 0.15) is 22.9 Å². The van der Waals surface area contributed by atoms with Crippen LogP contribution in [0, 0.1) is 0 Å². The molecule has 0 unspecified atom stereocenters. The fourth-order valence-electron chi connectivity index (χ4n) is 3.71. The van der Waals surface area contributed by atoms with E-state index in [-0.39, 0.29) is 17.9 Å². The maximum atomic E-state index is 13.6. The molecule has 1 aromatic heterocycles. The van der Waals surface area contributed by atoms with Gasteiger partial charge in [-0.05, 0) is 68.5 Å². The predicted molar refractivity (Wildman–Crippen MR) is 125 cm³/mol. The van der Waals surface area contributed by atoms with E-state index in [0.29, 0.717) is 23.7 Å². The molecule has 4 rings (SSSR count). The van der Waals surface area contributed by atoms with Gasteiger partial charge in [-0.25, -0.2) is 4.98 Å². The molecule has 1 fully saturated rings. The third-order valence-electron chi connectivity index (χ3n) is 5.38. The molecule has 2 aromatic carbocycles. The SMILES string of the molecule is CCCOc1cccc(Nc2nc(Nc3ccc(OC4CCCC4)cc3)ncc2C(F)(F)F)c1. The molecule has 34 heavy (non-hydrogen) atoms. The Kier molecular flexibility index (Phi) is 7.40. The Morgan fingerprint density at radius 2 is 1.74 bits per heavy atom. The Bertz CT molecular complexity index is 1080. The summed E-state index contributed by atoms with van der Waals surface area (Å²) in [5, 5.41) is 5.72. The maximum absolute atomic E-state index is 13.6. The summed E-state index contributed by atoms with van der Waals surface area (Å²) in [6.07, 6.45) is 1.71. The van der Waals surface area contributed by atoms with Crippen LogP contribution in [0.4, 0.5) is 36.3 Å². The number of anilines is 4. The van der Waals surface area contributed by atoms with E-state index < -0.39 is 11.7 Å². The lowest BCUT2D eigenvalue weighted by atomic mass is 10.2. The zero-order valence-corrected chi connectivity index (χ0v) is 18.9. The minimum atomic E-state index is -4.61. The molecule has 0 amide bonds. The molecule has 3 aromatic rings. The van der Waals surface area contributed by atoms with E-state index in [1.54, 1.807) is 36.4 Å². The van der Waals surface area contributed by atoms with Crippen LogP contribution in [0.5, 0.6) is 11.5 Å². The highest BCUT2D eigenvalue weighted by molar-refractivity contribution is 5.64. The summed E-state index contributed by atoms with van der Waals surface area (Å²) in [7, 11) is 0. The fourth-order valence-corrected chi connectivity index (χ4v) is 3.71. The topological polar surface area (TPSA) is 68.3 Å². The first kappa shape index (κ1) is 23.7. The number of aromatic nitrogens is 2. The second-order valence-electron chi connectivity index (χ2n) is 8.13. The van der Waals surface area contributed by atoms with Crippen molar-refractivity contribution >= 4 is 23.1 Å². The standard InChI is InChI=1S/C25H27F3N4O2/c1-2-14-33-21-9-5-6-18(15-21)30-23-22(25(26,27)28)16-29-24(32-23)31-17-10-12-20(13-11-17)34-19-7-3-4-8-19/h5-6,9-13,15-16,19H,2-4,7-8,14H2,1H3,(H2,29,30,31,32). The lowest BCUT2D eigenvalue weighted by Crippen LogP contribution is -2.13. The van der Waals surface area contributed by atoms with Crippen molar-refractivity contribution in [2.75, 3.05) is 17.2 Å². The highest BCUT2D eigenvalue weighted by Gasteiger charge is 2.35. The molecule has 1 saturated carbocycles. The average molecular weight is 473 g/mol. The molecule has 0 aliphatic heterocycles. The first-order chi connectivity index (χ1) is 16.4. The zero-order valence-electron chi connectivity index (χ0n) is 18.9. The van der Waals surface area contributed by atoms with Gasteiger partial charge in [0.2, 0.25) is 5.95 Å². The van der Waals surface area contributed by atoms with Crippen LogP contribution < -0.4 is 20.1 Å². The highest BCUT2D eigenvalue weighted by atomic mass is 19.4. The van der Waals surface area contributed by atoms with Gasteiger partial charge in [-0.1, -0.05) is 13.0 Å². The molecular formula is C25H27F3N4O2. The van der Waals surface area contributed by atoms with Gasteiger partial charge in [0.15, 0.2) is 0 Å². The zero-order chi connectivity index (χ0) is 24.0. The Balaban J connectivity index is 1.51. The Labute approximate surface area is 196 Å². The number of halogens is 3. The molecule has 1 heterocycles. The van der Waals surface area contributed by atoms with Gasteiger partial charge in [0.05, 0.1) is 12.7 Å². The van der Waals surface area contributed by atoms with Crippen LogP contribution in [-0.2, 0) is 6.18 Å². The molecule has 0 saturated heterocycles. The van der Waals surface area contributed by atoms with E-state index in [2.05, 4.69) is 20.6 Å². The number of nitrogens with one attached hydrogen (secondary N) is 2. The lowest BCUT2D eigenvalue weighted by molar-refractivity contribution is -0.137. The van der Waals surface area contributed by atoms with Gasteiger partial charge in [0.25, 0.3) is 0 Å². The van der Waals surface area contributed by atoms with Crippen molar-refractivity contribution < 1.29 is 22.6 Å². The molecule has 1 aliphatic carbocycles. The third-order valence-corrected chi connectivity index (χ3v) is 5.38. The van der Waals surface area contributed by atoms with Crippen molar-refractivity contribution in [2.45, 2.75) is 51.3 Å². The maximum Gasteiger partial charge on any atom is 0.421 e. The molecular weight excluding hydrogens is 445 g/mol. The van der Waals surface area contributed by atoms with E-state index in [0.717, 1.165) is 31.2 Å². The van der Waals surface area contributed by atoms with Gasteiger partial charge >= 0.3 is 6.18 Å². The van der Waals surface area contributed by atoms with Gasteiger partial charge < -0.3 is 20.1 Å². The van der Waals surface area contributed by atoms with Crippen LogP contribution in [0.2, 0.25) is 0 Å². The average Bonchev–Trinajstić information content (AvgIpc) is 3.32. The second-order valence-corrected chi connectivity index (χ2v) is 8.13. The molecule has 180 valence electrons. The summed E-state index contributed by atoms with van der Waals surface area (Å²) in [6, 6.07) is 14.0. The van der Waals surface area contributed by atoms with Crippen LogP contribution >= 0.6 is 0 Å². The largest absolute Gasteiger partial charge is 0.494 e. The van der Waals surface area contributed by atoms with Crippen molar-refractivity contribution in [3.8, 4) is 11.5 Å².